The predicted octanol–water partition coefficient (Wildman–Crippen LogP) is 4.60. The van der Waals surface area contributed by atoms with Crippen molar-refractivity contribution < 1.29 is 9.90 Å². The standard InChI is InChI=1S/C13H8Cl3NO2/c14-9-5-11(16)12(6-10(9)15)17-13(19)7-2-1-3-8(18)4-7/h1-6,18H,(H,17,19). The molecule has 0 saturated heterocycles. The molecule has 19 heavy (non-hydrogen) atoms. The van der Waals surface area contributed by atoms with Gasteiger partial charge in [-0.15, -0.1) is 0 Å². The second-order valence-electron chi connectivity index (χ2n) is 3.75. The van der Waals surface area contributed by atoms with E-state index in [1.807, 2.05) is 0 Å². The maximum absolute atomic E-state index is 12.0. The fraction of sp³-hybridized carbons (Fsp3) is 0. The molecule has 0 heterocycles. The van der Waals surface area contributed by atoms with Crippen molar-refractivity contribution in [2.75, 3.05) is 5.32 Å². The third kappa shape index (κ3) is 3.32. The molecule has 0 saturated carbocycles. The molecule has 98 valence electrons. The largest absolute Gasteiger partial charge is 0.508 e. The average Bonchev–Trinajstić information content (AvgIpc) is 2.36. The molecule has 2 aromatic carbocycles. The Hall–Kier alpha value is -1.42. The first-order valence-corrected chi connectivity index (χ1v) is 6.35. The number of phenolic OH excluding ortho intramolecular Hbond substituents is 1. The first kappa shape index (κ1) is 14.0. The van der Waals surface area contributed by atoms with Crippen molar-refractivity contribution in [3.05, 3.63) is 57.0 Å². The van der Waals surface area contributed by atoms with Gasteiger partial charge in [0.1, 0.15) is 5.75 Å². The zero-order valence-electron chi connectivity index (χ0n) is 9.45. The Labute approximate surface area is 124 Å². The monoisotopic (exact) mass is 315 g/mol. The molecule has 0 aliphatic heterocycles. The van der Waals surface area contributed by atoms with Gasteiger partial charge in [0.2, 0.25) is 0 Å². The van der Waals surface area contributed by atoms with Crippen LogP contribution in [0.1, 0.15) is 10.4 Å². The Morgan fingerprint density at radius 1 is 1.00 bits per heavy atom. The quantitative estimate of drug-likeness (QED) is 0.795. The van der Waals surface area contributed by atoms with Crippen molar-refractivity contribution >= 4 is 46.4 Å². The number of hydrogen-bond acceptors (Lipinski definition) is 2. The van der Waals surface area contributed by atoms with E-state index in [1.165, 1.54) is 24.3 Å². The summed E-state index contributed by atoms with van der Waals surface area (Å²) in [5.41, 5.74) is 0.659. The van der Waals surface area contributed by atoms with Crippen LogP contribution in [0.3, 0.4) is 0 Å². The van der Waals surface area contributed by atoms with Gasteiger partial charge in [-0.05, 0) is 30.3 Å². The maximum Gasteiger partial charge on any atom is 0.255 e. The molecule has 2 aromatic rings. The lowest BCUT2D eigenvalue weighted by atomic mass is 10.2. The van der Waals surface area contributed by atoms with Gasteiger partial charge in [-0.25, -0.2) is 0 Å². The molecule has 1 amide bonds. The van der Waals surface area contributed by atoms with Gasteiger partial charge in [-0.3, -0.25) is 4.79 Å². The lowest BCUT2D eigenvalue weighted by Crippen LogP contribution is -2.12. The summed E-state index contributed by atoms with van der Waals surface area (Å²) in [6.07, 6.45) is 0. The number of amides is 1. The average molecular weight is 317 g/mol. The summed E-state index contributed by atoms with van der Waals surface area (Å²) in [4.78, 5) is 12.0. The summed E-state index contributed by atoms with van der Waals surface area (Å²) >= 11 is 17.6. The molecule has 0 spiro atoms. The molecule has 2 N–H and O–H groups in total. The van der Waals surface area contributed by atoms with E-state index >= 15 is 0 Å². The van der Waals surface area contributed by atoms with E-state index in [0.29, 0.717) is 16.3 Å². The fourth-order valence-electron chi connectivity index (χ4n) is 1.46. The Kier molecular flexibility index (Phi) is 4.20. The smallest absolute Gasteiger partial charge is 0.255 e. The fourth-order valence-corrected chi connectivity index (χ4v) is 2.05. The Bertz CT molecular complexity index is 644. The number of aromatic hydroxyl groups is 1. The van der Waals surface area contributed by atoms with Crippen LogP contribution in [-0.2, 0) is 0 Å². The normalized spacial score (nSPS) is 10.3. The molecule has 2 rings (SSSR count). The SMILES string of the molecule is O=C(Nc1cc(Cl)c(Cl)cc1Cl)c1cccc(O)c1. The van der Waals surface area contributed by atoms with Crippen LogP contribution in [0.25, 0.3) is 0 Å². The summed E-state index contributed by atoms with van der Waals surface area (Å²) in [5, 5.41) is 12.8. The minimum Gasteiger partial charge on any atom is -0.508 e. The highest BCUT2D eigenvalue weighted by Gasteiger charge is 2.11. The minimum absolute atomic E-state index is 0.00730. The van der Waals surface area contributed by atoms with Crippen LogP contribution in [0, 0.1) is 0 Å². The summed E-state index contributed by atoms with van der Waals surface area (Å²) < 4.78 is 0. The number of carbonyl (C=O) groups is 1. The Morgan fingerprint density at radius 3 is 2.37 bits per heavy atom. The van der Waals surface area contributed by atoms with Gasteiger partial charge in [0, 0.05) is 5.56 Å². The van der Waals surface area contributed by atoms with E-state index in [0.717, 1.165) is 0 Å². The number of anilines is 1. The van der Waals surface area contributed by atoms with E-state index in [-0.39, 0.29) is 15.8 Å². The number of nitrogens with one attached hydrogen (secondary N) is 1. The molecule has 0 atom stereocenters. The van der Waals surface area contributed by atoms with E-state index in [2.05, 4.69) is 5.32 Å². The first-order chi connectivity index (χ1) is 8.97. The van der Waals surface area contributed by atoms with Gasteiger partial charge >= 0.3 is 0 Å². The molecule has 0 aliphatic carbocycles. The molecule has 6 heteroatoms. The number of halogens is 3. The van der Waals surface area contributed by atoms with Crippen LogP contribution < -0.4 is 5.32 Å². The third-order valence-electron chi connectivity index (χ3n) is 2.37. The van der Waals surface area contributed by atoms with Crippen LogP contribution in [0.15, 0.2) is 36.4 Å². The highest BCUT2D eigenvalue weighted by atomic mass is 35.5. The summed E-state index contributed by atoms with van der Waals surface area (Å²) in [6, 6.07) is 8.88. The first-order valence-electron chi connectivity index (χ1n) is 5.22. The van der Waals surface area contributed by atoms with Gasteiger partial charge in [0.15, 0.2) is 0 Å². The molecule has 0 aromatic heterocycles. The number of benzene rings is 2. The maximum atomic E-state index is 12.0. The summed E-state index contributed by atoms with van der Waals surface area (Å²) in [7, 11) is 0. The van der Waals surface area contributed by atoms with Crippen LogP contribution >= 0.6 is 34.8 Å². The van der Waals surface area contributed by atoms with Crippen LogP contribution in [-0.4, -0.2) is 11.0 Å². The highest BCUT2D eigenvalue weighted by molar-refractivity contribution is 6.44. The van der Waals surface area contributed by atoms with E-state index in [1.54, 1.807) is 12.1 Å². The molecule has 3 nitrogen and oxygen atoms in total. The van der Waals surface area contributed by atoms with Crippen LogP contribution in [0.2, 0.25) is 15.1 Å². The number of carbonyl (C=O) groups excluding carboxylic acids is 1. The van der Waals surface area contributed by atoms with Crippen molar-refractivity contribution in [1.29, 1.82) is 0 Å². The number of rotatable bonds is 2. The summed E-state index contributed by atoms with van der Waals surface area (Å²) in [5.74, 6) is -0.399. The van der Waals surface area contributed by atoms with Gasteiger partial charge in [0.25, 0.3) is 5.91 Å². The highest BCUT2D eigenvalue weighted by Crippen LogP contribution is 2.32. The van der Waals surface area contributed by atoms with Crippen molar-refractivity contribution in [2.24, 2.45) is 0 Å². The molecule has 0 radical (unpaired) electrons. The molecule has 0 bridgehead atoms. The van der Waals surface area contributed by atoms with Crippen LogP contribution in [0.4, 0.5) is 5.69 Å². The Balaban J connectivity index is 2.27. The van der Waals surface area contributed by atoms with E-state index < -0.39 is 5.91 Å². The second kappa shape index (κ2) is 5.70. The van der Waals surface area contributed by atoms with Crippen molar-refractivity contribution in [2.45, 2.75) is 0 Å². The summed E-state index contributed by atoms with van der Waals surface area (Å²) in [6.45, 7) is 0. The predicted molar refractivity (Wildman–Crippen MR) is 77.5 cm³/mol. The van der Waals surface area contributed by atoms with Crippen molar-refractivity contribution in [1.82, 2.24) is 0 Å². The van der Waals surface area contributed by atoms with Crippen LogP contribution in [0.5, 0.6) is 5.75 Å². The molecular formula is C13H8Cl3NO2. The zero-order valence-corrected chi connectivity index (χ0v) is 11.7. The van der Waals surface area contributed by atoms with Crippen molar-refractivity contribution in [3.8, 4) is 5.75 Å². The zero-order chi connectivity index (χ0) is 14.0. The topological polar surface area (TPSA) is 49.3 Å². The second-order valence-corrected chi connectivity index (χ2v) is 4.97. The van der Waals surface area contributed by atoms with Gasteiger partial charge in [0.05, 0.1) is 20.8 Å². The number of hydrogen-bond donors (Lipinski definition) is 2. The lowest BCUT2D eigenvalue weighted by Gasteiger charge is -2.09. The van der Waals surface area contributed by atoms with E-state index in [9.17, 15) is 9.90 Å². The minimum atomic E-state index is -0.406. The molecule has 0 fully saturated rings. The van der Waals surface area contributed by atoms with Gasteiger partial charge < -0.3 is 10.4 Å². The molecule has 0 aliphatic rings. The molecular weight excluding hydrogens is 309 g/mol. The van der Waals surface area contributed by atoms with Gasteiger partial charge in [-0.2, -0.15) is 0 Å². The third-order valence-corrected chi connectivity index (χ3v) is 3.40. The number of phenols is 1. The molecule has 0 unspecified atom stereocenters. The Morgan fingerprint density at radius 2 is 1.68 bits per heavy atom. The van der Waals surface area contributed by atoms with Gasteiger partial charge in [-0.1, -0.05) is 40.9 Å². The lowest BCUT2D eigenvalue weighted by molar-refractivity contribution is 0.102. The van der Waals surface area contributed by atoms with E-state index in [4.69, 9.17) is 34.8 Å². The van der Waals surface area contributed by atoms with Crippen molar-refractivity contribution in [3.63, 3.8) is 0 Å².